The summed E-state index contributed by atoms with van der Waals surface area (Å²) in [5, 5.41) is 16.6. The number of amides is 1. The van der Waals surface area contributed by atoms with E-state index in [0.717, 1.165) is 21.7 Å². The quantitative estimate of drug-likeness (QED) is 0.723. The Labute approximate surface area is 153 Å². The Morgan fingerprint density at radius 2 is 2.04 bits per heavy atom. The van der Waals surface area contributed by atoms with Crippen molar-refractivity contribution in [3.05, 3.63) is 57.1 Å². The van der Waals surface area contributed by atoms with Crippen LogP contribution in [0, 0.1) is 13.8 Å². The molecule has 7 heteroatoms. The Hall–Kier alpha value is -2.93. The Morgan fingerprint density at radius 3 is 2.65 bits per heavy atom. The number of nitrogens with zero attached hydrogens (tertiary/aromatic N) is 1. The molecule has 0 spiro atoms. The van der Waals surface area contributed by atoms with Crippen molar-refractivity contribution in [2.45, 2.75) is 26.2 Å². The minimum absolute atomic E-state index is 0.144. The van der Waals surface area contributed by atoms with Gasteiger partial charge in [-0.25, -0.2) is 4.79 Å². The van der Waals surface area contributed by atoms with Crippen LogP contribution < -0.4 is 5.32 Å². The summed E-state index contributed by atoms with van der Waals surface area (Å²) in [4.78, 5) is 25.4. The molecule has 1 aliphatic rings. The van der Waals surface area contributed by atoms with Crippen molar-refractivity contribution in [3.63, 3.8) is 0 Å². The van der Waals surface area contributed by atoms with Crippen molar-refractivity contribution in [2.75, 3.05) is 5.32 Å². The lowest BCUT2D eigenvalue weighted by Crippen LogP contribution is -2.23. The second-order valence-corrected chi connectivity index (χ2v) is 7.31. The number of anilines is 1. The third-order valence-electron chi connectivity index (χ3n) is 4.60. The van der Waals surface area contributed by atoms with E-state index in [1.807, 2.05) is 44.2 Å². The van der Waals surface area contributed by atoms with Gasteiger partial charge in [0.05, 0.1) is 11.4 Å². The van der Waals surface area contributed by atoms with Gasteiger partial charge >= 0.3 is 5.97 Å². The van der Waals surface area contributed by atoms with Crippen LogP contribution in [0.25, 0.3) is 11.1 Å². The highest BCUT2D eigenvalue weighted by Crippen LogP contribution is 2.50. The number of carbonyl (C=O) groups is 2. The van der Waals surface area contributed by atoms with E-state index >= 15 is 0 Å². The molecule has 0 fully saturated rings. The summed E-state index contributed by atoms with van der Waals surface area (Å²) in [6.07, 6.45) is 0.240. The van der Waals surface area contributed by atoms with E-state index < -0.39 is 5.97 Å². The number of rotatable bonds is 3. The van der Waals surface area contributed by atoms with Gasteiger partial charge in [-0.1, -0.05) is 35.5 Å². The fourth-order valence-corrected chi connectivity index (χ4v) is 4.77. The van der Waals surface area contributed by atoms with E-state index in [4.69, 9.17) is 4.52 Å². The first-order valence-corrected chi connectivity index (χ1v) is 8.97. The molecule has 1 aromatic carbocycles. The molecule has 0 bridgehead atoms. The Balaban J connectivity index is 1.98. The maximum absolute atomic E-state index is 12.4. The van der Waals surface area contributed by atoms with Crippen molar-refractivity contribution in [2.24, 2.45) is 0 Å². The van der Waals surface area contributed by atoms with E-state index in [2.05, 4.69) is 10.5 Å². The predicted molar refractivity (Wildman–Crippen MR) is 97.8 cm³/mol. The second kappa shape index (κ2) is 6.10. The Kier molecular flexibility index (Phi) is 3.88. The third kappa shape index (κ3) is 2.52. The molecule has 0 saturated heterocycles. The zero-order valence-corrected chi connectivity index (χ0v) is 15.0. The molecule has 6 nitrogen and oxygen atoms in total. The number of aryl methyl sites for hydroxylation is 2. The normalized spacial score (nSPS) is 16.2. The van der Waals surface area contributed by atoms with Gasteiger partial charge in [0, 0.05) is 28.3 Å². The van der Waals surface area contributed by atoms with Crippen molar-refractivity contribution < 1.29 is 19.2 Å². The molecular weight excluding hydrogens is 352 g/mol. The van der Waals surface area contributed by atoms with Crippen LogP contribution in [0.1, 0.15) is 43.9 Å². The van der Waals surface area contributed by atoms with Gasteiger partial charge in [0.2, 0.25) is 5.91 Å². The van der Waals surface area contributed by atoms with E-state index in [1.165, 1.54) is 11.3 Å². The third-order valence-corrected chi connectivity index (χ3v) is 5.89. The Morgan fingerprint density at radius 1 is 1.31 bits per heavy atom. The molecule has 1 atom stereocenters. The SMILES string of the molecule is Cc1noc(C)c1[C@H]1CC(=O)Nc2c1sc(C(=O)O)c2-c1ccccc1. The number of aromatic nitrogens is 1. The molecule has 1 aliphatic heterocycles. The molecule has 0 saturated carbocycles. The minimum Gasteiger partial charge on any atom is -0.477 e. The van der Waals surface area contributed by atoms with E-state index in [9.17, 15) is 14.7 Å². The number of nitrogens with one attached hydrogen (secondary N) is 1. The van der Waals surface area contributed by atoms with Gasteiger partial charge in [-0.05, 0) is 19.4 Å². The number of carboxylic acids is 1. The monoisotopic (exact) mass is 368 g/mol. The predicted octanol–water partition coefficient (Wildman–Crippen LogP) is 4.19. The van der Waals surface area contributed by atoms with Crippen LogP contribution in [0.5, 0.6) is 0 Å². The average molecular weight is 368 g/mol. The first-order valence-electron chi connectivity index (χ1n) is 8.15. The van der Waals surface area contributed by atoms with Gasteiger partial charge in [-0.2, -0.15) is 0 Å². The van der Waals surface area contributed by atoms with Crippen LogP contribution in [0.4, 0.5) is 5.69 Å². The van der Waals surface area contributed by atoms with Gasteiger partial charge < -0.3 is 14.9 Å². The molecule has 3 heterocycles. The summed E-state index contributed by atoms with van der Waals surface area (Å²) in [5.41, 5.74) is 3.49. The second-order valence-electron chi connectivity index (χ2n) is 6.26. The molecular formula is C19H16N2O4S. The topological polar surface area (TPSA) is 92.4 Å². The zero-order valence-electron chi connectivity index (χ0n) is 14.2. The summed E-state index contributed by atoms with van der Waals surface area (Å²) in [7, 11) is 0. The number of thiophene rings is 1. The van der Waals surface area contributed by atoms with Crippen LogP contribution in [0.2, 0.25) is 0 Å². The number of carbonyl (C=O) groups excluding carboxylic acids is 1. The summed E-state index contributed by atoms with van der Waals surface area (Å²) in [6, 6.07) is 9.26. The number of aromatic carboxylic acids is 1. The lowest BCUT2D eigenvalue weighted by molar-refractivity contribution is -0.116. The van der Waals surface area contributed by atoms with Gasteiger partial charge in [-0.3, -0.25) is 4.79 Å². The lowest BCUT2D eigenvalue weighted by Gasteiger charge is -2.23. The van der Waals surface area contributed by atoms with E-state index in [1.54, 1.807) is 0 Å². The maximum atomic E-state index is 12.4. The van der Waals surface area contributed by atoms with Crippen LogP contribution >= 0.6 is 11.3 Å². The van der Waals surface area contributed by atoms with Crippen molar-refractivity contribution in [1.82, 2.24) is 5.16 Å². The fourth-order valence-electron chi connectivity index (χ4n) is 3.54. The highest BCUT2D eigenvalue weighted by Gasteiger charge is 2.36. The number of hydrogen-bond acceptors (Lipinski definition) is 5. The fraction of sp³-hybridized carbons (Fsp3) is 0.211. The number of benzene rings is 1. The molecule has 0 radical (unpaired) electrons. The zero-order chi connectivity index (χ0) is 18.4. The molecule has 1 amide bonds. The average Bonchev–Trinajstić information content (AvgIpc) is 3.15. The van der Waals surface area contributed by atoms with Crippen LogP contribution in [-0.2, 0) is 4.79 Å². The molecule has 132 valence electrons. The minimum atomic E-state index is -1.00. The van der Waals surface area contributed by atoms with Crippen LogP contribution in [-0.4, -0.2) is 22.1 Å². The molecule has 4 rings (SSSR count). The van der Waals surface area contributed by atoms with Crippen molar-refractivity contribution in [3.8, 4) is 11.1 Å². The molecule has 0 unspecified atom stereocenters. The lowest BCUT2D eigenvalue weighted by atomic mass is 9.87. The highest BCUT2D eigenvalue weighted by atomic mass is 32.1. The largest absolute Gasteiger partial charge is 0.477 e. The van der Waals surface area contributed by atoms with Gasteiger partial charge in [0.1, 0.15) is 10.6 Å². The number of fused-ring (bicyclic) bond motifs is 1. The van der Waals surface area contributed by atoms with Gasteiger partial charge in [0.15, 0.2) is 0 Å². The van der Waals surface area contributed by atoms with E-state index in [-0.39, 0.29) is 23.1 Å². The smallest absolute Gasteiger partial charge is 0.346 e. The van der Waals surface area contributed by atoms with Crippen molar-refractivity contribution >= 4 is 28.9 Å². The van der Waals surface area contributed by atoms with Gasteiger partial charge in [0.25, 0.3) is 0 Å². The summed E-state index contributed by atoms with van der Waals surface area (Å²) >= 11 is 1.21. The summed E-state index contributed by atoms with van der Waals surface area (Å²) < 4.78 is 5.27. The number of carboxylic acid groups (broad SMARTS) is 1. The van der Waals surface area contributed by atoms with Gasteiger partial charge in [-0.15, -0.1) is 11.3 Å². The molecule has 2 N–H and O–H groups in total. The molecule has 2 aromatic heterocycles. The first kappa shape index (κ1) is 16.5. The molecule has 26 heavy (non-hydrogen) atoms. The van der Waals surface area contributed by atoms with Crippen LogP contribution in [0.15, 0.2) is 34.9 Å². The van der Waals surface area contributed by atoms with E-state index in [0.29, 0.717) is 17.0 Å². The van der Waals surface area contributed by atoms with Crippen molar-refractivity contribution in [1.29, 1.82) is 0 Å². The summed E-state index contributed by atoms with van der Waals surface area (Å²) in [5.74, 6) is -0.755. The maximum Gasteiger partial charge on any atom is 0.346 e. The standard InChI is InChI=1S/C19H16N2O4S/c1-9-14(10(2)25-21-9)12-8-13(22)20-16-15(11-6-4-3-5-7-11)18(19(23)24)26-17(12)16/h3-7,12H,8H2,1-2H3,(H,20,22)(H,23,24)/t12-/m1/s1. The first-order chi connectivity index (χ1) is 12.5. The Bertz CT molecular complexity index is 1000. The van der Waals surface area contributed by atoms with Crippen LogP contribution in [0.3, 0.4) is 0 Å². The highest BCUT2D eigenvalue weighted by molar-refractivity contribution is 7.15. The summed E-state index contributed by atoms with van der Waals surface area (Å²) in [6.45, 7) is 3.65. The number of hydrogen-bond donors (Lipinski definition) is 2. The molecule has 0 aliphatic carbocycles. The molecule has 3 aromatic rings.